The molecule has 0 saturated heterocycles. The Kier molecular flexibility index (Phi) is 13.1. The maximum absolute atomic E-state index is 11.1. The van der Waals surface area contributed by atoms with E-state index in [2.05, 4.69) is 29.5 Å². The minimum absolute atomic E-state index is 0. The second kappa shape index (κ2) is 13.9. The molecule has 7 heteroatoms. The quantitative estimate of drug-likeness (QED) is 0.216. The number of halogens is 1. The third-order valence-corrected chi connectivity index (χ3v) is 3.38. The van der Waals surface area contributed by atoms with Crippen LogP contribution in [0.15, 0.2) is 29.3 Å². The van der Waals surface area contributed by atoms with E-state index >= 15 is 0 Å². The first-order valence-corrected chi connectivity index (χ1v) is 8.51. The Morgan fingerprint density at radius 1 is 1.20 bits per heavy atom. The number of hydrogen-bond acceptors (Lipinski definition) is 3. The van der Waals surface area contributed by atoms with Gasteiger partial charge in [0.25, 0.3) is 0 Å². The van der Waals surface area contributed by atoms with Crippen molar-refractivity contribution in [1.82, 2.24) is 10.6 Å². The third kappa shape index (κ3) is 11.0. The SMILES string of the molecule is CCNC(=NCc1ccc(C(N)=O)cc1)NCCOCCC(C)C.I. The fraction of sp³-hybridized carbons (Fsp3) is 0.556. The highest BCUT2D eigenvalue weighted by Gasteiger charge is 2.01. The van der Waals surface area contributed by atoms with Crippen LogP contribution in [0.3, 0.4) is 0 Å². The second-order valence-corrected chi connectivity index (χ2v) is 5.98. The molecule has 4 N–H and O–H groups in total. The molecule has 0 aliphatic carbocycles. The molecule has 0 aliphatic heterocycles. The van der Waals surface area contributed by atoms with Crippen molar-refractivity contribution in [2.24, 2.45) is 16.6 Å². The van der Waals surface area contributed by atoms with E-state index in [1.807, 2.05) is 19.1 Å². The second-order valence-electron chi connectivity index (χ2n) is 5.98. The predicted molar refractivity (Wildman–Crippen MR) is 113 cm³/mol. The van der Waals surface area contributed by atoms with Gasteiger partial charge in [-0.2, -0.15) is 0 Å². The molecule has 1 amide bonds. The fourth-order valence-electron chi connectivity index (χ4n) is 1.95. The van der Waals surface area contributed by atoms with Crippen molar-refractivity contribution in [3.05, 3.63) is 35.4 Å². The van der Waals surface area contributed by atoms with Crippen LogP contribution in [0.1, 0.15) is 43.1 Å². The summed E-state index contributed by atoms with van der Waals surface area (Å²) in [6.45, 7) is 9.89. The van der Waals surface area contributed by atoms with Crippen molar-refractivity contribution in [3.63, 3.8) is 0 Å². The van der Waals surface area contributed by atoms with Gasteiger partial charge in [0.1, 0.15) is 0 Å². The van der Waals surface area contributed by atoms with Crippen molar-refractivity contribution in [2.75, 3.05) is 26.3 Å². The van der Waals surface area contributed by atoms with Crippen LogP contribution in [-0.4, -0.2) is 38.2 Å². The molecule has 0 fully saturated rings. The molecule has 1 aromatic carbocycles. The molecule has 0 spiro atoms. The van der Waals surface area contributed by atoms with Gasteiger partial charge in [-0.1, -0.05) is 26.0 Å². The molecule has 0 atom stereocenters. The lowest BCUT2D eigenvalue weighted by atomic mass is 10.1. The van der Waals surface area contributed by atoms with E-state index < -0.39 is 5.91 Å². The lowest BCUT2D eigenvalue weighted by molar-refractivity contribution is 0.100. The summed E-state index contributed by atoms with van der Waals surface area (Å²) in [6, 6.07) is 7.16. The highest BCUT2D eigenvalue weighted by molar-refractivity contribution is 14.0. The maximum atomic E-state index is 11.1. The first-order chi connectivity index (χ1) is 11.5. The molecule has 6 nitrogen and oxygen atoms in total. The fourth-order valence-corrected chi connectivity index (χ4v) is 1.95. The summed E-state index contributed by atoms with van der Waals surface area (Å²) in [7, 11) is 0. The number of nitrogens with one attached hydrogen (secondary N) is 2. The molecule has 0 aromatic heterocycles. The van der Waals surface area contributed by atoms with Crippen molar-refractivity contribution in [1.29, 1.82) is 0 Å². The van der Waals surface area contributed by atoms with Crippen LogP contribution >= 0.6 is 24.0 Å². The van der Waals surface area contributed by atoms with E-state index in [0.29, 0.717) is 31.2 Å². The first kappa shape index (κ1) is 23.6. The van der Waals surface area contributed by atoms with Crippen LogP contribution in [-0.2, 0) is 11.3 Å². The average Bonchev–Trinajstić information content (AvgIpc) is 2.55. The van der Waals surface area contributed by atoms with E-state index in [0.717, 1.165) is 31.1 Å². The largest absolute Gasteiger partial charge is 0.380 e. The number of amides is 1. The van der Waals surface area contributed by atoms with Crippen LogP contribution in [0, 0.1) is 5.92 Å². The zero-order chi connectivity index (χ0) is 17.8. The van der Waals surface area contributed by atoms with E-state index in [1.54, 1.807) is 12.1 Å². The number of nitrogens with zero attached hydrogens (tertiary/aromatic N) is 1. The van der Waals surface area contributed by atoms with Crippen molar-refractivity contribution in [2.45, 2.75) is 33.7 Å². The van der Waals surface area contributed by atoms with E-state index in [1.165, 1.54) is 0 Å². The smallest absolute Gasteiger partial charge is 0.248 e. The van der Waals surface area contributed by atoms with Crippen molar-refractivity contribution in [3.8, 4) is 0 Å². The number of benzene rings is 1. The number of primary amides is 1. The number of aliphatic imine (C=N–C) groups is 1. The van der Waals surface area contributed by atoms with E-state index in [-0.39, 0.29) is 24.0 Å². The zero-order valence-corrected chi connectivity index (χ0v) is 17.7. The minimum atomic E-state index is -0.419. The van der Waals surface area contributed by atoms with Gasteiger partial charge in [0.2, 0.25) is 5.91 Å². The molecule has 1 rings (SSSR count). The number of rotatable bonds is 10. The van der Waals surface area contributed by atoms with E-state index in [4.69, 9.17) is 10.5 Å². The highest BCUT2D eigenvalue weighted by atomic mass is 127. The summed E-state index contributed by atoms with van der Waals surface area (Å²) in [5, 5.41) is 6.45. The molecule has 142 valence electrons. The van der Waals surface area contributed by atoms with Gasteiger partial charge in [-0.05, 0) is 37.0 Å². The Morgan fingerprint density at radius 3 is 2.44 bits per heavy atom. The molecular formula is C18H31IN4O2. The zero-order valence-electron chi connectivity index (χ0n) is 15.4. The minimum Gasteiger partial charge on any atom is -0.380 e. The van der Waals surface area contributed by atoms with Crippen LogP contribution in [0.25, 0.3) is 0 Å². The summed E-state index contributed by atoms with van der Waals surface area (Å²) in [5.74, 6) is 0.999. The Labute approximate surface area is 168 Å². The van der Waals surface area contributed by atoms with Crippen LogP contribution in [0.2, 0.25) is 0 Å². The van der Waals surface area contributed by atoms with Gasteiger partial charge in [-0.3, -0.25) is 4.79 Å². The Bertz CT molecular complexity index is 518. The monoisotopic (exact) mass is 462 g/mol. The number of nitrogens with two attached hydrogens (primary N) is 1. The topological polar surface area (TPSA) is 88.7 Å². The molecular weight excluding hydrogens is 431 g/mol. The lowest BCUT2D eigenvalue weighted by Crippen LogP contribution is -2.39. The molecule has 0 unspecified atom stereocenters. The molecule has 0 heterocycles. The maximum Gasteiger partial charge on any atom is 0.248 e. The molecule has 0 aliphatic rings. The standard InChI is InChI=1S/C18H30N4O2.HI/c1-4-20-18(21-10-12-24-11-9-14(2)3)22-13-15-5-7-16(8-6-15)17(19)23;/h5-8,14H,4,9-13H2,1-3H3,(H2,19,23)(H2,20,21,22);1H. The molecule has 25 heavy (non-hydrogen) atoms. The van der Waals surface area contributed by atoms with Gasteiger partial charge >= 0.3 is 0 Å². The third-order valence-electron chi connectivity index (χ3n) is 3.38. The normalized spacial score (nSPS) is 11.1. The van der Waals surface area contributed by atoms with Gasteiger partial charge in [0.05, 0.1) is 13.2 Å². The molecule has 0 radical (unpaired) electrons. The molecule has 1 aromatic rings. The number of carbonyl (C=O) groups excluding carboxylic acids is 1. The van der Waals surface area contributed by atoms with Gasteiger partial charge in [0, 0.05) is 25.3 Å². The summed E-state index contributed by atoms with van der Waals surface area (Å²) in [5.41, 5.74) is 6.76. The van der Waals surface area contributed by atoms with Crippen molar-refractivity contribution < 1.29 is 9.53 Å². The highest BCUT2D eigenvalue weighted by Crippen LogP contribution is 2.05. The molecule has 0 saturated carbocycles. The van der Waals surface area contributed by atoms with Gasteiger partial charge in [-0.15, -0.1) is 24.0 Å². The van der Waals surface area contributed by atoms with Crippen molar-refractivity contribution >= 4 is 35.8 Å². The number of hydrogen-bond donors (Lipinski definition) is 3. The average molecular weight is 462 g/mol. The summed E-state index contributed by atoms with van der Waals surface area (Å²) >= 11 is 0. The van der Waals surface area contributed by atoms with Gasteiger partial charge < -0.3 is 21.1 Å². The Balaban J connectivity index is 0.00000576. The summed E-state index contributed by atoms with van der Waals surface area (Å²) in [4.78, 5) is 15.6. The summed E-state index contributed by atoms with van der Waals surface area (Å²) < 4.78 is 5.58. The van der Waals surface area contributed by atoms with Crippen LogP contribution in [0.4, 0.5) is 0 Å². The Hall–Kier alpha value is -1.35. The first-order valence-electron chi connectivity index (χ1n) is 8.51. The summed E-state index contributed by atoms with van der Waals surface area (Å²) in [6.07, 6.45) is 1.08. The Morgan fingerprint density at radius 2 is 1.88 bits per heavy atom. The van der Waals surface area contributed by atoms with Crippen LogP contribution < -0.4 is 16.4 Å². The molecule has 0 bridgehead atoms. The number of ether oxygens (including phenoxy) is 1. The van der Waals surface area contributed by atoms with Gasteiger partial charge in [0.15, 0.2) is 5.96 Å². The van der Waals surface area contributed by atoms with Crippen LogP contribution in [0.5, 0.6) is 0 Å². The number of guanidine groups is 1. The number of carbonyl (C=O) groups is 1. The van der Waals surface area contributed by atoms with E-state index in [9.17, 15) is 4.79 Å². The lowest BCUT2D eigenvalue weighted by Gasteiger charge is -2.12. The predicted octanol–water partition coefficient (Wildman–Crippen LogP) is 2.52. The van der Waals surface area contributed by atoms with Gasteiger partial charge in [-0.25, -0.2) is 4.99 Å².